The molecule has 46 heavy (non-hydrogen) atoms. The molecule has 0 bridgehead atoms. The molecular weight excluding hydrogens is 556 g/mol. The summed E-state index contributed by atoms with van der Waals surface area (Å²) in [6, 6.07) is 53.2. The van der Waals surface area contributed by atoms with E-state index in [-0.39, 0.29) is 0 Å². The zero-order valence-electron chi connectivity index (χ0n) is 26.1. The lowest BCUT2D eigenvalue weighted by Crippen LogP contribution is -2.20. The topological polar surface area (TPSA) is 6.48 Å². The third kappa shape index (κ3) is 5.63. The standard InChI is InChI=1S/C44H38N2/c1-3-15-39(16-4-1)45(43-29-23-33-11-7-9-13-37(33)31-43)41-25-19-35(20-26-41)36-21-27-42(28-22-36)46(40-17-5-2-6-18-40)44-30-24-34-12-8-10-14-38(34)32-44/h1-7,9-11,13-20,23-27,29-32,36H,8,12,21-22,28H2. The average Bonchev–Trinajstić information content (AvgIpc) is 3.13. The van der Waals surface area contributed by atoms with Crippen molar-refractivity contribution in [1.29, 1.82) is 0 Å². The Hall–Kier alpha value is -5.34. The van der Waals surface area contributed by atoms with Gasteiger partial charge in [0.2, 0.25) is 0 Å². The second-order valence-electron chi connectivity index (χ2n) is 12.5. The molecule has 2 aliphatic rings. The molecular formula is C44H38N2. The molecule has 0 aliphatic heterocycles. The molecule has 1 unspecified atom stereocenters. The zero-order chi connectivity index (χ0) is 30.7. The van der Waals surface area contributed by atoms with Crippen molar-refractivity contribution >= 4 is 45.3 Å². The van der Waals surface area contributed by atoms with Gasteiger partial charge in [-0.2, -0.15) is 0 Å². The Bertz CT molecular complexity index is 2020. The fourth-order valence-electron chi connectivity index (χ4n) is 7.17. The van der Waals surface area contributed by atoms with Gasteiger partial charge in [-0.15, -0.1) is 0 Å². The molecule has 0 N–H and O–H groups in total. The Balaban J connectivity index is 1.07. The smallest absolute Gasteiger partial charge is 0.0468 e. The van der Waals surface area contributed by atoms with Crippen molar-refractivity contribution in [2.24, 2.45) is 0 Å². The second kappa shape index (κ2) is 12.6. The Labute approximate surface area is 272 Å². The maximum atomic E-state index is 2.48. The van der Waals surface area contributed by atoms with Crippen LogP contribution in [0, 0.1) is 0 Å². The highest BCUT2D eigenvalue weighted by molar-refractivity contribution is 5.89. The predicted octanol–water partition coefficient (Wildman–Crippen LogP) is 12.3. The van der Waals surface area contributed by atoms with E-state index in [1.165, 1.54) is 55.9 Å². The third-order valence-corrected chi connectivity index (χ3v) is 9.58. The lowest BCUT2D eigenvalue weighted by atomic mass is 9.85. The van der Waals surface area contributed by atoms with Crippen molar-refractivity contribution in [3.05, 3.63) is 180 Å². The molecule has 0 heterocycles. The molecule has 0 fully saturated rings. The third-order valence-electron chi connectivity index (χ3n) is 9.58. The van der Waals surface area contributed by atoms with Gasteiger partial charge in [0.25, 0.3) is 0 Å². The van der Waals surface area contributed by atoms with Gasteiger partial charge in [0.1, 0.15) is 0 Å². The van der Waals surface area contributed by atoms with Crippen LogP contribution in [-0.4, -0.2) is 0 Å². The van der Waals surface area contributed by atoms with E-state index in [0.717, 1.165) is 37.8 Å². The van der Waals surface area contributed by atoms with Crippen LogP contribution in [0.5, 0.6) is 0 Å². The number of aryl methyl sites for hydroxylation is 1. The van der Waals surface area contributed by atoms with Crippen molar-refractivity contribution in [2.75, 3.05) is 9.80 Å². The predicted molar refractivity (Wildman–Crippen MR) is 196 cm³/mol. The minimum Gasteiger partial charge on any atom is -0.315 e. The van der Waals surface area contributed by atoms with Gasteiger partial charge in [-0.25, -0.2) is 0 Å². The summed E-state index contributed by atoms with van der Waals surface area (Å²) in [7, 11) is 0. The number of rotatable bonds is 7. The number of allylic oxidation sites excluding steroid dienone is 3. The SMILES string of the molecule is C1=Cc2cc(N(C3=CCC(c4ccc(N(c5ccccc5)c5ccc6ccccc6c5)cc4)CC3)c3ccccc3)ccc2CC1. The summed E-state index contributed by atoms with van der Waals surface area (Å²) in [4.78, 5) is 4.84. The first kappa shape index (κ1) is 28.2. The lowest BCUT2D eigenvalue weighted by molar-refractivity contribution is 0.593. The first-order valence-electron chi connectivity index (χ1n) is 16.6. The maximum absolute atomic E-state index is 2.48. The van der Waals surface area contributed by atoms with E-state index in [1.807, 2.05) is 0 Å². The molecule has 2 heteroatoms. The van der Waals surface area contributed by atoms with Crippen LogP contribution in [0.1, 0.15) is 48.3 Å². The molecule has 0 saturated heterocycles. The van der Waals surface area contributed by atoms with E-state index < -0.39 is 0 Å². The summed E-state index contributed by atoms with van der Waals surface area (Å²) in [6.07, 6.45) is 12.6. The first-order chi connectivity index (χ1) is 22.8. The van der Waals surface area contributed by atoms with Crippen molar-refractivity contribution in [2.45, 2.75) is 38.0 Å². The number of fused-ring (bicyclic) bond motifs is 2. The molecule has 2 nitrogen and oxygen atoms in total. The van der Waals surface area contributed by atoms with Crippen LogP contribution in [0.2, 0.25) is 0 Å². The zero-order valence-corrected chi connectivity index (χ0v) is 26.1. The first-order valence-corrected chi connectivity index (χ1v) is 16.6. The van der Waals surface area contributed by atoms with Crippen LogP contribution in [0.4, 0.5) is 28.4 Å². The fraction of sp³-hybridized carbons (Fsp3) is 0.136. The van der Waals surface area contributed by atoms with Crippen LogP contribution in [0.25, 0.3) is 16.8 Å². The van der Waals surface area contributed by atoms with E-state index in [2.05, 4.69) is 174 Å². The number of hydrogen-bond acceptors (Lipinski definition) is 2. The monoisotopic (exact) mass is 594 g/mol. The molecule has 224 valence electrons. The highest BCUT2D eigenvalue weighted by atomic mass is 15.2. The number of nitrogens with zero attached hydrogens (tertiary/aromatic N) is 2. The van der Waals surface area contributed by atoms with E-state index in [1.54, 1.807) is 0 Å². The summed E-state index contributed by atoms with van der Waals surface area (Å²) >= 11 is 0. The van der Waals surface area contributed by atoms with Crippen LogP contribution < -0.4 is 9.80 Å². The lowest BCUT2D eigenvalue weighted by Gasteiger charge is -2.33. The van der Waals surface area contributed by atoms with Crippen molar-refractivity contribution in [1.82, 2.24) is 0 Å². The fourth-order valence-corrected chi connectivity index (χ4v) is 7.17. The van der Waals surface area contributed by atoms with Crippen LogP contribution in [0.3, 0.4) is 0 Å². The van der Waals surface area contributed by atoms with Crippen molar-refractivity contribution < 1.29 is 0 Å². The van der Waals surface area contributed by atoms with E-state index in [4.69, 9.17) is 0 Å². The Morgan fingerprint density at radius 3 is 1.87 bits per heavy atom. The van der Waals surface area contributed by atoms with Crippen molar-refractivity contribution in [3.63, 3.8) is 0 Å². The normalized spacial score (nSPS) is 15.7. The van der Waals surface area contributed by atoms with Gasteiger partial charge in [-0.3, -0.25) is 0 Å². The quantitative estimate of drug-likeness (QED) is 0.181. The van der Waals surface area contributed by atoms with Gasteiger partial charge in [0, 0.05) is 34.1 Å². The van der Waals surface area contributed by atoms with Gasteiger partial charge in [0.05, 0.1) is 0 Å². The van der Waals surface area contributed by atoms with Crippen LogP contribution in [-0.2, 0) is 6.42 Å². The molecule has 6 aromatic rings. The second-order valence-corrected chi connectivity index (χ2v) is 12.5. The van der Waals surface area contributed by atoms with Gasteiger partial charge in [0.15, 0.2) is 0 Å². The van der Waals surface area contributed by atoms with Crippen LogP contribution in [0.15, 0.2) is 163 Å². The molecule has 0 saturated carbocycles. The summed E-state index contributed by atoms with van der Waals surface area (Å²) in [5.41, 5.74) is 11.6. The van der Waals surface area contributed by atoms with Crippen LogP contribution >= 0.6 is 0 Å². The number of anilines is 5. The van der Waals surface area contributed by atoms with Gasteiger partial charge >= 0.3 is 0 Å². The Morgan fingerprint density at radius 2 is 1.13 bits per heavy atom. The van der Waals surface area contributed by atoms with E-state index >= 15 is 0 Å². The summed E-state index contributed by atoms with van der Waals surface area (Å²) in [5, 5.41) is 2.51. The summed E-state index contributed by atoms with van der Waals surface area (Å²) in [6.45, 7) is 0. The highest BCUT2D eigenvalue weighted by Crippen LogP contribution is 2.41. The molecule has 2 aliphatic carbocycles. The minimum absolute atomic E-state index is 0.507. The molecule has 8 rings (SSSR count). The van der Waals surface area contributed by atoms with Gasteiger partial charge in [-0.05, 0) is 126 Å². The van der Waals surface area contributed by atoms with E-state index in [0.29, 0.717) is 5.92 Å². The van der Waals surface area contributed by atoms with E-state index in [9.17, 15) is 0 Å². The largest absolute Gasteiger partial charge is 0.315 e. The molecule has 1 atom stereocenters. The number of benzene rings is 6. The molecule has 0 aromatic heterocycles. The average molecular weight is 595 g/mol. The maximum Gasteiger partial charge on any atom is 0.0468 e. The molecule has 0 radical (unpaired) electrons. The Morgan fingerprint density at radius 1 is 0.500 bits per heavy atom. The highest BCUT2D eigenvalue weighted by Gasteiger charge is 2.23. The van der Waals surface area contributed by atoms with Gasteiger partial charge < -0.3 is 9.80 Å². The Kier molecular flexibility index (Phi) is 7.70. The minimum atomic E-state index is 0.507. The molecule has 0 amide bonds. The van der Waals surface area contributed by atoms with Crippen molar-refractivity contribution in [3.8, 4) is 0 Å². The summed E-state index contributed by atoms with van der Waals surface area (Å²) < 4.78 is 0. The molecule has 0 spiro atoms. The summed E-state index contributed by atoms with van der Waals surface area (Å²) in [5.74, 6) is 0.507. The number of para-hydroxylation sites is 2. The number of hydrogen-bond donors (Lipinski definition) is 0. The molecule has 6 aromatic carbocycles. The van der Waals surface area contributed by atoms with Gasteiger partial charge in [-0.1, -0.05) is 103 Å².